The Morgan fingerprint density at radius 3 is 2.47 bits per heavy atom. The molecule has 0 atom stereocenters. The molecule has 0 aliphatic carbocycles. The molecule has 0 spiro atoms. The average molecular weight is 256 g/mol. The maximum Gasteiger partial charge on any atom is 0.236 e. The van der Waals surface area contributed by atoms with Gasteiger partial charge in [-0.25, -0.2) is 9.97 Å². The Balaban J connectivity index is 2.42. The second-order valence-corrected chi connectivity index (χ2v) is 3.60. The SMILES string of the molecule is COc1ccc(OC)c(-c2cnc(NC#N)nc2)c1. The van der Waals surface area contributed by atoms with Crippen molar-refractivity contribution in [3.05, 3.63) is 30.6 Å². The number of methoxy groups -OCH3 is 2. The van der Waals surface area contributed by atoms with E-state index in [0.717, 1.165) is 16.9 Å². The largest absolute Gasteiger partial charge is 0.497 e. The number of hydrogen-bond donors (Lipinski definition) is 1. The molecule has 0 amide bonds. The molecule has 2 rings (SSSR count). The topological polar surface area (TPSA) is 80.1 Å². The van der Waals surface area contributed by atoms with E-state index >= 15 is 0 Å². The molecule has 0 aliphatic heterocycles. The first-order chi connectivity index (χ1) is 9.28. The summed E-state index contributed by atoms with van der Waals surface area (Å²) in [5.41, 5.74) is 1.60. The molecule has 0 bridgehead atoms. The fraction of sp³-hybridized carbons (Fsp3) is 0.154. The zero-order valence-corrected chi connectivity index (χ0v) is 10.5. The maximum absolute atomic E-state index is 8.48. The van der Waals surface area contributed by atoms with Crippen LogP contribution in [0.2, 0.25) is 0 Å². The van der Waals surface area contributed by atoms with Crippen molar-refractivity contribution in [1.82, 2.24) is 9.97 Å². The van der Waals surface area contributed by atoms with Crippen LogP contribution in [-0.2, 0) is 0 Å². The molecule has 0 saturated carbocycles. The number of ether oxygens (including phenoxy) is 2. The van der Waals surface area contributed by atoms with Gasteiger partial charge in [0.25, 0.3) is 0 Å². The highest BCUT2D eigenvalue weighted by molar-refractivity contribution is 5.71. The molecule has 1 N–H and O–H groups in total. The Labute approximate surface area is 110 Å². The lowest BCUT2D eigenvalue weighted by Gasteiger charge is -2.10. The van der Waals surface area contributed by atoms with E-state index in [1.165, 1.54) is 0 Å². The third-order valence-electron chi connectivity index (χ3n) is 2.54. The Bertz CT molecular complexity index is 605. The van der Waals surface area contributed by atoms with Crippen molar-refractivity contribution >= 4 is 5.95 Å². The molecule has 0 saturated heterocycles. The van der Waals surface area contributed by atoms with Gasteiger partial charge in [-0.2, -0.15) is 5.26 Å². The number of rotatable bonds is 4. The fourth-order valence-electron chi connectivity index (χ4n) is 1.62. The van der Waals surface area contributed by atoms with Crippen LogP contribution in [0.25, 0.3) is 11.1 Å². The minimum Gasteiger partial charge on any atom is -0.497 e. The minimum absolute atomic E-state index is 0.258. The van der Waals surface area contributed by atoms with Crippen molar-refractivity contribution < 1.29 is 9.47 Å². The van der Waals surface area contributed by atoms with Gasteiger partial charge in [-0.05, 0) is 18.2 Å². The van der Waals surface area contributed by atoms with Crippen LogP contribution >= 0.6 is 0 Å². The number of nitrogens with zero attached hydrogens (tertiary/aromatic N) is 3. The van der Waals surface area contributed by atoms with Crippen LogP contribution in [0.3, 0.4) is 0 Å². The van der Waals surface area contributed by atoms with E-state index in [1.807, 2.05) is 18.2 Å². The van der Waals surface area contributed by atoms with Gasteiger partial charge in [0.1, 0.15) is 11.5 Å². The summed E-state index contributed by atoms with van der Waals surface area (Å²) in [4.78, 5) is 8.07. The number of benzene rings is 1. The number of anilines is 1. The second kappa shape index (κ2) is 5.69. The first-order valence-electron chi connectivity index (χ1n) is 5.48. The molecule has 0 fully saturated rings. The predicted molar refractivity (Wildman–Crippen MR) is 69.8 cm³/mol. The number of aromatic nitrogens is 2. The summed E-state index contributed by atoms with van der Waals surface area (Å²) in [5, 5.41) is 10.8. The van der Waals surface area contributed by atoms with E-state index in [-0.39, 0.29) is 5.95 Å². The maximum atomic E-state index is 8.48. The van der Waals surface area contributed by atoms with Crippen molar-refractivity contribution in [3.8, 4) is 28.8 Å². The molecule has 19 heavy (non-hydrogen) atoms. The minimum atomic E-state index is 0.258. The molecule has 0 aliphatic rings. The summed E-state index contributed by atoms with van der Waals surface area (Å²) in [5.74, 6) is 1.67. The van der Waals surface area contributed by atoms with E-state index in [0.29, 0.717) is 5.75 Å². The van der Waals surface area contributed by atoms with Gasteiger partial charge in [0.2, 0.25) is 5.95 Å². The summed E-state index contributed by atoms with van der Waals surface area (Å²) in [6, 6.07) is 5.47. The monoisotopic (exact) mass is 256 g/mol. The predicted octanol–water partition coefficient (Wildman–Crippen LogP) is 2.05. The molecule has 96 valence electrons. The normalized spacial score (nSPS) is 9.53. The summed E-state index contributed by atoms with van der Waals surface area (Å²) in [6.45, 7) is 0. The van der Waals surface area contributed by atoms with Crippen molar-refractivity contribution in [2.45, 2.75) is 0 Å². The van der Waals surface area contributed by atoms with Crippen molar-refractivity contribution in [2.24, 2.45) is 0 Å². The standard InChI is InChI=1S/C13H12N4O2/c1-18-10-3-4-12(19-2)11(5-10)9-6-15-13(16-7-9)17-8-14/h3-7H,1-2H3,(H,15,16,17). The van der Waals surface area contributed by atoms with Gasteiger partial charge in [0.05, 0.1) is 14.2 Å². The highest BCUT2D eigenvalue weighted by atomic mass is 16.5. The van der Waals surface area contributed by atoms with Crippen molar-refractivity contribution in [3.63, 3.8) is 0 Å². The van der Waals surface area contributed by atoms with E-state index in [4.69, 9.17) is 14.7 Å². The van der Waals surface area contributed by atoms with Crippen LogP contribution in [0.5, 0.6) is 11.5 Å². The third-order valence-corrected chi connectivity index (χ3v) is 2.54. The zero-order chi connectivity index (χ0) is 13.7. The molecular weight excluding hydrogens is 244 g/mol. The Morgan fingerprint density at radius 2 is 1.89 bits per heavy atom. The van der Waals surface area contributed by atoms with Crippen LogP contribution in [0.4, 0.5) is 5.95 Å². The number of nitrogens with one attached hydrogen (secondary N) is 1. The molecule has 6 heteroatoms. The van der Waals surface area contributed by atoms with E-state index in [9.17, 15) is 0 Å². The van der Waals surface area contributed by atoms with E-state index in [1.54, 1.807) is 32.8 Å². The van der Waals surface area contributed by atoms with Crippen molar-refractivity contribution in [2.75, 3.05) is 19.5 Å². The first-order valence-corrected chi connectivity index (χ1v) is 5.48. The van der Waals surface area contributed by atoms with Gasteiger partial charge in [0.15, 0.2) is 6.19 Å². The molecule has 2 aromatic rings. The quantitative estimate of drug-likeness (QED) is 0.666. The lowest BCUT2D eigenvalue weighted by Crippen LogP contribution is -1.96. The molecular formula is C13H12N4O2. The number of nitriles is 1. The fourth-order valence-corrected chi connectivity index (χ4v) is 1.62. The molecule has 0 unspecified atom stereocenters. The van der Waals surface area contributed by atoms with Crippen LogP contribution in [-0.4, -0.2) is 24.2 Å². The highest BCUT2D eigenvalue weighted by Crippen LogP contribution is 2.32. The lowest BCUT2D eigenvalue weighted by molar-refractivity contribution is 0.404. The van der Waals surface area contributed by atoms with Gasteiger partial charge in [-0.1, -0.05) is 0 Å². The first kappa shape index (κ1) is 12.6. The molecule has 1 heterocycles. The van der Waals surface area contributed by atoms with Crippen molar-refractivity contribution in [1.29, 1.82) is 5.26 Å². The molecule has 6 nitrogen and oxygen atoms in total. The average Bonchev–Trinajstić information content (AvgIpc) is 2.47. The van der Waals surface area contributed by atoms with Crippen LogP contribution in [0.15, 0.2) is 30.6 Å². The zero-order valence-electron chi connectivity index (χ0n) is 10.5. The summed E-state index contributed by atoms with van der Waals surface area (Å²) in [6.07, 6.45) is 4.99. The third kappa shape index (κ3) is 2.72. The Hall–Kier alpha value is -2.81. The highest BCUT2D eigenvalue weighted by Gasteiger charge is 2.08. The van der Waals surface area contributed by atoms with Crippen LogP contribution < -0.4 is 14.8 Å². The summed E-state index contributed by atoms with van der Waals surface area (Å²) in [7, 11) is 3.19. The van der Waals surface area contributed by atoms with Gasteiger partial charge >= 0.3 is 0 Å². The van der Waals surface area contributed by atoms with E-state index in [2.05, 4.69) is 15.3 Å². The van der Waals surface area contributed by atoms with E-state index < -0.39 is 0 Å². The Morgan fingerprint density at radius 1 is 1.16 bits per heavy atom. The Kier molecular flexibility index (Phi) is 3.78. The van der Waals surface area contributed by atoms with Gasteiger partial charge < -0.3 is 9.47 Å². The summed E-state index contributed by atoms with van der Waals surface area (Å²) < 4.78 is 10.5. The molecule has 1 aromatic heterocycles. The smallest absolute Gasteiger partial charge is 0.236 e. The second-order valence-electron chi connectivity index (χ2n) is 3.60. The number of hydrogen-bond acceptors (Lipinski definition) is 6. The molecule has 0 radical (unpaired) electrons. The van der Waals surface area contributed by atoms with Gasteiger partial charge in [0, 0.05) is 23.5 Å². The summed E-state index contributed by atoms with van der Waals surface area (Å²) >= 11 is 0. The van der Waals surface area contributed by atoms with Gasteiger partial charge in [-0.15, -0.1) is 0 Å². The lowest BCUT2D eigenvalue weighted by atomic mass is 10.1. The van der Waals surface area contributed by atoms with Crippen LogP contribution in [0.1, 0.15) is 0 Å². The van der Waals surface area contributed by atoms with Crippen LogP contribution in [0, 0.1) is 11.5 Å². The van der Waals surface area contributed by atoms with Gasteiger partial charge in [-0.3, -0.25) is 5.32 Å². The molecule has 1 aromatic carbocycles.